The number of rotatable bonds is 4. The van der Waals surface area contributed by atoms with Crippen LogP contribution in [0.4, 0.5) is 4.39 Å². The highest BCUT2D eigenvalue weighted by atomic mass is 19.1. The zero-order valence-corrected chi connectivity index (χ0v) is 8.82. The molecule has 1 aliphatic rings. The monoisotopic (exact) mass is 223 g/mol. The Labute approximate surface area is 93.3 Å². The van der Waals surface area contributed by atoms with Crippen molar-refractivity contribution in [2.45, 2.75) is 12.3 Å². The summed E-state index contributed by atoms with van der Waals surface area (Å²) in [6.07, 6.45) is 0.808. The van der Waals surface area contributed by atoms with Gasteiger partial charge in [0.15, 0.2) is 0 Å². The van der Waals surface area contributed by atoms with Gasteiger partial charge < -0.3 is 10.4 Å². The summed E-state index contributed by atoms with van der Waals surface area (Å²) in [5.41, 5.74) is 1.01. The SMILES string of the molecule is O=C(NCCO)C1CC1c1ccc(F)cc1. The first-order valence-corrected chi connectivity index (χ1v) is 5.36. The number of benzene rings is 1. The van der Waals surface area contributed by atoms with Gasteiger partial charge in [-0.25, -0.2) is 4.39 Å². The van der Waals surface area contributed by atoms with Gasteiger partial charge in [-0.3, -0.25) is 4.79 Å². The van der Waals surface area contributed by atoms with E-state index in [0.29, 0.717) is 6.54 Å². The van der Waals surface area contributed by atoms with Crippen molar-refractivity contribution < 1.29 is 14.3 Å². The van der Waals surface area contributed by atoms with E-state index in [1.807, 2.05) is 0 Å². The van der Waals surface area contributed by atoms with E-state index in [1.165, 1.54) is 12.1 Å². The molecule has 0 saturated heterocycles. The summed E-state index contributed by atoms with van der Waals surface area (Å²) in [5, 5.41) is 11.2. The quantitative estimate of drug-likeness (QED) is 0.801. The summed E-state index contributed by atoms with van der Waals surface area (Å²) in [6.45, 7) is 0.255. The molecule has 1 aromatic carbocycles. The van der Waals surface area contributed by atoms with Crippen LogP contribution in [0, 0.1) is 11.7 Å². The van der Waals surface area contributed by atoms with Crippen LogP contribution >= 0.6 is 0 Å². The Morgan fingerprint density at radius 1 is 1.44 bits per heavy atom. The second-order valence-corrected chi connectivity index (χ2v) is 4.01. The summed E-state index contributed by atoms with van der Waals surface area (Å²) in [7, 11) is 0. The second-order valence-electron chi connectivity index (χ2n) is 4.01. The van der Waals surface area contributed by atoms with Crippen LogP contribution in [0.3, 0.4) is 0 Å². The van der Waals surface area contributed by atoms with Crippen LogP contribution in [0.1, 0.15) is 17.9 Å². The maximum atomic E-state index is 12.7. The third-order valence-corrected chi connectivity index (χ3v) is 2.84. The third-order valence-electron chi connectivity index (χ3n) is 2.84. The van der Waals surface area contributed by atoms with E-state index in [4.69, 9.17) is 5.11 Å². The number of nitrogens with one attached hydrogen (secondary N) is 1. The Morgan fingerprint density at radius 3 is 2.75 bits per heavy atom. The van der Waals surface area contributed by atoms with E-state index in [0.717, 1.165) is 12.0 Å². The van der Waals surface area contributed by atoms with Gasteiger partial charge in [0.05, 0.1) is 6.61 Å². The van der Waals surface area contributed by atoms with Gasteiger partial charge in [0.25, 0.3) is 0 Å². The fraction of sp³-hybridized carbons (Fsp3) is 0.417. The van der Waals surface area contributed by atoms with Crippen LogP contribution in [0.15, 0.2) is 24.3 Å². The van der Waals surface area contributed by atoms with Crippen LogP contribution in [0.25, 0.3) is 0 Å². The molecule has 3 nitrogen and oxygen atoms in total. The predicted octanol–water partition coefficient (Wildman–Crippen LogP) is 1.04. The van der Waals surface area contributed by atoms with Gasteiger partial charge in [-0.1, -0.05) is 12.1 Å². The molecule has 1 saturated carbocycles. The molecule has 1 fully saturated rings. The van der Waals surface area contributed by atoms with Crippen molar-refractivity contribution in [3.63, 3.8) is 0 Å². The average molecular weight is 223 g/mol. The van der Waals surface area contributed by atoms with E-state index in [9.17, 15) is 9.18 Å². The molecule has 0 bridgehead atoms. The van der Waals surface area contributed by atoms with Crippen molar-refractivity contribution in [1.29, 1.82) is 0 Å². The molecule has 2 unspecified atom stereocenters. The van der Waals surface area contributed by atoms with Crippen LogP contribution in [-0.2, 0) is 4.79 Å². The molecule has 16 heavy (non-hydrogen) atoms. The second kappa shape index (κ2) is 4.61. The Morgan fingerprint density at radius 2 is 2.12 bits per heavy atom. The molecule has 0 aliphatic heterocycles. The van der Waals surface area contributed by atoms with E-state index < -0.39 is 0 Å². The highest BCUT2D eigenvalue weighted by Crippen LogP contribution is 2.47. The molecular formula is C12H14FNO2. The maximum absolute atomic E-state index is 12.7. The number of aliphatic hydroxyl groups is 1. The Kier molecular flexibility index (Phi) is 3.19. The molecule has 1 aromatic rings. The van der Waals surface area contributed by atoms with Crippen molar-refractivity contribution in [2.24, 2.45) is 5.92 Å². The van der Waals surface area contributed by atoms with E-state index in [2.05, 4.69) is 5.32 Å². The number of carbonyl (C=O) groups excluding carboxylic acids is 1. The average Bonchev–Trinajstić information content (AvgIpc) is 3.07. The lowest BCUT2D eigenvalue weighted by Gasteiger charge is -2.02. The molecule has 1 amide bonds. The minimum absolute atomic E-state index is 0.0167. The third kappa shape index (κ3) is 2.39. The number of aliphatic hydroxyl groups excluding tert-OH is 1. The first kappa shape index (κ1) is 11.1. The van der Waals surface area contributed by atoms with Gasteiger partial charge >= 0.3 is 0 Å². The standard InChI is InChI=1S/C12H14FNO2/c13-9-3-1-8(2-4-9)10-7-11(10)12(16)14-5-6-15/h1-4,10-11,15H,5-7H2,(H,14,16). The topological polar surface area (TPSA) is 49.3 Å². The lowest BCUT2D eigenvalue weighted by molar-refractivity contribution is -0.122. The van der Waals surface area contributed by atoms with Gasteiger partial charge in [-0.2, -0.15) is 0 Å². The van der Waals surface area contributed by atoms with Gasteiger partial charge in [0, 0.05) is 12.5 Å². The number of amides is 1. The zero-order chi connectivity index (χ0) is 11.5. The molecule has 0 aromatic heterocycles. The molecule has 0 radical (unpaired) electrons. The van der Waals surface area contributed by atoms with Crippen molar-refractivity contribution >= 4 is 5.91 Å². The zero-order valence-electron chi connectivity index (χ0n) is 8.82. The van der Waals surface area contributed by atoms with E-state index >= 15 is 0 Å². The predicted molar refractivity (Wildman–Crippen MR) is 57.3 cm³/mol. The van der Waals surface area contributed by atoms with Gasteiger partial charge in [-0.15, -0.1) is 0 Å². The number of carbonyl (C=O) groups is 1. The van der Waals surface area contributed by atoms with Crippen LogP contribution in [0.5, 0.6) is 0 Å². The molecule has 86 valence electrons. The molecule has 2 N–H and O–H groups in total. The minimum Gasteiger partial charge on any atom is -0.395 e. The molecule has 0 heterocycles. The minimum atomic E-state index is -0.259. The van der Waals surface area contributed by atoms with Crippen LogP contribution < -0.4 is 5.32 Å². The Bertz CT molecular complexity index is 377. The lowest BCUT2D eigenvalue weighted by Crippen LogP contribution is -2.28. The highest BCUT2D eigenvalue weighted by Gasteiger charge is 2.43. The number of hydrogen-bond acceptors (Lipinski definition) is 2. The Hall–Kier alpha value is -1.42. The Balaban J connectivity index is 1.91. The summed E-state index contributed by atoms with van der Waals surface area (Å²) in [4.78, 5) is 11.5. The van der Waals surface area contributed by atoms with Crippen molar-refractivity contribution in [2.75, 3.05) is 13.2 Å². The summed E-state index contributed by atoms with van der Waals surface area (Å²) >= 11 is 0. The molecular weight excluding hydrogens is 209 g/mol. The number of halogens is 1. The van der Waals surface area contributed by atoms with Gasteiger partial charge in [-0.05, 0) is 30.0 Å². The summed E-state index contributed by atoms with van der Waals surface area (Å²) in [5.74, 6) is -0.0923. The highest BCUT2D eigenvalue weighted by molar-refractivity contribution is 5.82. The maximum Gasteiger partial charge on any atom is 0.223 e. The van der Waals surface area contributed by atoms with E-state index in [-0.39, 0.29) is 30.2 Å². The van der Waals surface area contributed by atoms with Crippen molar-refractivity contribution in [3.05, 3.63) is 35.6 Å². The first-order chi connectivity index (χ1) is 7.72. The van der Waals surface area contributed by atoms with Crippen LogP contribution in [-0.4, -0.2) is 24.2 Å². The molecule has 0 spiro atoms. The summed E-state index contributed by atoms with van der Waals surface area (Å²) < 4.78 is 12.7. The number of hydrogen-bond donors (Lipinski definition) is 2. The smallest absolute Gasteiger partial charge is 0.223 e. The molecule has 2 atom stereocenters. The van der Waals surface area contributed by atoms with Gasteiger partial charge in [0.2, 0.25) is 5.91 Å². The van der Waals surface area contributed by atoms with Crippen molar-refractivity contribution in [1.82, 2.24) is 5.32 Å². The largest absolute Gasteiger partial charge is 0.395 e. The molecule has 1 aliphatic carbocycles. The van der Waals surface area contributed by atoms with Gasteiger partial charge in [0.1, 0.15) is 5.82 Å². The fourth-order valence-corrected chi connectivity index (χ4v) is 1.87. The van der Waals surface area contributed by atoms with E-state index in [1.54, 1.807) is 12.1 Å². The molecule has 4 heteroatoms. The summed E-state index contributed by atoms with van der Waals surface area (Å²) in [6, 6.07) is 6.27. The van der Waals surface area contributed by atoms with Crippen molar-refractivity contribution in [3.8, 4) is 0 Å². The normalized spacial score (nSPS) is 22.9. The fourth-order valence-electron chi connectivity index (χ4n) is 1.87. The molecule has 2 rings (SSSR count). The first-order valence-electron chi connectivity index (χ1n) is 5.36. The lowest BCUT2D eigenvalue weighted by atomic mass is 10.1. The van der Waals surface area contributed by atoms with Crippen LogP contribution in [0.2, 0.25) is 0 Å².